The third-order valence-corrected chi connectivity index (χ3v) is 4.68. The van der Waals surface area contributed by atoms with Crippen LogP contribution < -0.4 is 5.32 Å². The van der Waals surface area contributed by atoms with Gasteiger partial charge >= 0.3 is 6.09 Å². The molecule has 1 aliphatic heterocycles. The Bertz CT molecular complexity index is 822. The van der Waals surface area contributed by atoms with Crippen molar-refractivity contribution in [2.75, 3.05) is 18.4 Å². The number of nitrogens with zero attached hydrogens (tertiary/aromatic N) is 4. The molecule has 0 bridgehead atoms. The summed E-state index contributed by atoms with van der Waals surface area (Å²) < 4.78 is 20.5. The van der Waals surface area contributed by atoms with Gasteiger partial charge < -0.3 is 20.1 Å². The first-order chi connectivity index (χ1) is 12.1. The molecule has 0 unspecified atom stereocenters. The van der Waals surface area contributed by atoms with Gasteiger partial charge in [0.05, 0.1) is 30.4 Å². The Labute approximate surface area is 158 Å². The van der Waals surface area contributed by atoms with Gasteiger partial charge in [-0.2, -0.15) is 0 Å². The lowest BCUT2D eigenvalue weighted by molar-refractivity contribution is 0.00113. The van der Waals surface area contributed by atoms with Gasteiger partial charge in [0.15, 0.2) is 5.82 Å². The van der Waals surface area contributed by atoms with Crippen LogP contribution in [0.5, 0.6) is 0 Å². The number of aliphatic hydroxyl groups is 1. The Balaban J connectivity index is 1.65. The molecule has 1 fully saturated rings. The molecular formula is C16H21BrFN5O3. The number of amides is 1. The zero-order chi connectivity index (χ0) is 19.1. The molecule has 3 heterocycles. The molecule has 0 aromatic carbocycles. The second-order valence-corrected chi connectivity index (χ2v) is 7.99. The molecule has 26 heavy (non-hydrogen) atoms. The summed E-state index contributed by atoms with van der Waals surface area (Å²) in [6.07, 6.45) is 0.744. The maximum absolute atomic E-state index is 13.6. The number of aliphatic hydroxyl groups excluding tert-OH is 1. The summed E-state index contributed by atoms with van der Waals surface area (Å²) in [4.78, 5) is 17.7. The number of rotatable bonds is 2. The molecule has 10 heteroatoms. The molecule has 3 rings (SSSR count). The number of aromatic nitrogens is 3. The van der Waals surface area contributed by atoms with Crippen LogP contribution in [0.25, 0.3) is 5.52 Å². The SMILES string of the molecule is CC(C)(C)OC(=O)N1CC[C@@H](Nc2ncc3cc(F)c(Br)n3n2)[C@H](O)C1. The van der Waals surface area contributed by atoms with Crippen molar-refractivity contribution in [3.8, 4) is 0 Å². The van der Waals surface area contributed by atoms with Crippen LogP contribution >= 0.6 is 15.9 Å². The van der Waals surface area contributed by atoms with E-state index in [0.29, 0.717) is 18.5 Å². The Morgan fingerprint density at radius 1 is 1.50 bits per heavy atom. The minimum absolute atomic E-state index is 0.149. The number of piperidine rings is 1. The van der Waals surface area contributed by atoms with Crippen LogP contribution in [-0.4, -0.2) is 61.5 Å². The fourth-order valence-electron chi connectivity index (χ4n) is 2.73. The lowest BCUT2D eigenvalue weighted by atomic mass is 10.0. The number of hydrogen-bond acceptors (Lipinski definition) is 6. The van der Waals surface area contributed by atoms with Gasteiger partial charge in [0, 0.05) is 12.6 Å². The van der Waals surface area contributed by atoms with Crippen LogP contribution in [0, 0.1) is 5.82 Å². The highest BCUT2D eigenvalue weighted by Crippen LogP contribution is 2.21. The smallest absolute Gasteiger partial charge is 0.410 e. The molecule has 1 amide bonds. The summed E-state index contributed by atoms with van der Waals surface area (Å²) in [5.41, 5.74) is -0.0694. The Kier molecular flexibility index (Phi) is 5.07. The monoisotopic (exact) mass is 429 g/mol. The molecule has 142 valence electrons. The molecule has 0 spiro atoms. The second-order valence-electron chi connectivity index (χ2n) is 7.23. The normalized spacial score (nSPS) is 21.1. The average molecular weight is 430 g/mol. The first-order valence-corrected chi connectivity index (χ1v) is 9.05. The number of carbonyl (C=O) groups is 1. The van der Waals surface area contributed by atoms with Crippen LogP contribution in [0.15, 0.2) is 16.9 Å². The van der Waals surface area contributed by atoms with Gasteiger partial charge in [-0.25, -0.2) is 18.7 Å². The van der Waals surface area contributed by atoms with Crippen molar-refractivity contribution in [1.29, 1.82) is 0 Å². The van der Waals surface area contributed by atoms with E-state index in [2.05, 4.69) is 31.3 Å². The van der Waals surface area contributed by atoms with Crippen molar-refractivity contribution in [3.63, 3.8) is 0 Å². The number of halogens is 2. The second kappa shape index (κ2) is 6.99. The fraction of sp³-hybridized carbons (Fsp3) is 0.562. The lowest BCUT2D eigenvalue weighted by Crippen LogP contribution is -2.52. The molecule has 2 aromatic rings. The summed E-state index contributed by atoms with van der Waals surface area (Å²) in [6.45, 7) is 5.98. The summed E-state index contributed by atoms with van der Waals surface area (Å²) in [5, 5.41) is 17.6. The first-order valence-electron chi connectivity index (χ1n) is 8.26. The molecule has 0 saturated carbocycles. The Morgan fingerprint density at radius 3 is 2.88 bits per heavy atom. The molecular weight excluding hydrogens is 409 g/mol. The van der Waals surface area contributed by atoms with Crippen molar-refractivity contribution < 1.29 is 19.0 Å². The number of hydrogen-bond donors (Lipinski definition) is 2. The lowest BCUT2D eigenvalue weighted by Gasteiger charge is -2.36. The van der Waals surface area contributed by atoms with E-state index >= 15 is 0 Å². The number of nitrogens with one attached hydrogen (secondary N) is 1. The third kappa shape index (κ3) is 4.07. The summed E-state index contributed by atoms with van der Waals surface area (Å²) >= 11 is 3.13. The number of fused-ring (bicyclic) bond motifs is 1. The number of likely N-dealkylation sites (tertiary alicyclic amines) is 1. The molecule has 0 aliphatic carbocycles. The number of anilines is 1. The van der Waals surface area contributed by atoms with Gasteiger partial charge in [-0.15, -0.1) is 5.10 Å². The van der Waals surface area contributed by atoms with Crippen LogP contribution in [0.4, 0.5) is 15.1 Å². The Morgan fingerprint density at radius 2 is 2.23 bits per heavy atom. The van der Waals surface area contributed by atoms with Gasteiger partial charge in [0.2, 0.25) is 5.95 Å². The summed E-state index contributed by atoms with van der Waals surface area (Å²) in [6, 6.07) is 0.993. The van der Waals surface area contributed by atoms with Crippen LogP contribution in [0.2, 0.25) is 0 Å². The van der Waals surface area contributed by atoms with Gasteiger partial charge in [0.25, 0.3) is 0 Å². The van der Waals surface area contributed by atoms with E-state index in [4.69, 9.17) is 4.74 Å². The molecule has 1 saturated heterocycles. The van der Waals surface area contributed by atoms with Crippen LogP contribution in [0.3, 0.4) is 0 Å². The van der Waals surface area contributed by atoms with Crippen molar-refractivity contribution >= 4 is 33.5 Å². The predicted molar refractivity (Wildman–Crippen MR) is 96.5 cm³/mol. The van der Waals surface area contributed by atoms with Gasteiger partial charge in [-0.05, 0) is 43.1 Å². The Hall–Kier alpha value is -1.94. The van der Waals surface area contributed by atoms with E-state index < -0.39 is 23.6 Å². The van der Waals surface area contributed by atoms with E-state index in [-0.39, 0.29) is 23.1 Å². The largest absolute Gasteiger partial charge is 0.444 e. The average Bonchev–Trinajstić information content (AvgIpc) is 2.82. The maximum Gasteiger partial charge on any atom is 0.410 e. The number of ether oxygens (including phenoxy) is 1. The fourth-order valence-corrected chi connectivity index (χ4v) is 3.13. The molecule has 2 atom stereocenters. The van der Waals surface area contributed by atoms with E-state index in [1.807, 2.05) is 0 Å². The zero-order valence-electron chi connectivity index (χ0n) is 14.7. The van der Waals surface area contributed by atoms with Crippen LogP contribution in [0.1, 0.15) is 27.2 Å². The minimum atomic E-state index is -0.805. The third-order valence-electron chi connectivity index (χ3n) is 3.96. The van der Waals surface area contributed by atoms with Gasteiger partial charge in [0.1, 0.15) is 10.2 Å². The van der Waals surface area contributed by atoms with Crippen molar-refractivity contribution in [2.45, 2.75) is 44.9 Å². The summed E-state index contributed by atoms with van der Waals surface area (Å²) in [5.74, 6) is -0.161. The molecule has 1 aliphatic rings. The van der Waals surface area contributed by atoms with Crippen molar-refractivity contribution in [2.24, 2.45) is 0 Å². The topological polar surface area (TPSA) is 92.0 Å². The van der Waals surface area contributed by atoms with E-state index in [9.17, 15) is 14.3 Å². The molecule has 2 N–H and O–H groups in total. The van der Waals surface area contributed by atoms with Crippen LogP contribution in [-0.2, 0) is 4.74 Å². The highest BCUT2D eigenvalue weighted by Gasteiger charge is 2.33. The molecule has 2 aromatic heterocycles. The highest BCUT2D eigenvalue weighted by molar-refractivity contribution is 9.10. The van der Waals surface area contributed by atoms with Gasteiger partial charge in [-0.3, -0.25) is 0 Å². The molecule has 8 nitrogen and oxygen atoms in total. The molecule has 0 radical (unpaired) electrons. The van der Waals surface area contributed by atoms with Crippen molar-refractivity contribution in [3.05, 3.63) is 22.7 Å². The first kappa shape index (κ1) is 18.8. The van der Waals surface area contributed by atoms with E-state index in [0.717, 1.165) is 0 Å². The number of β-amino-alcohol motifs (C(OH)–C–C–N with tert-alkyl or cyclic N) is 1. The zero-order valence-corrected chi connectivity index (χ0v) is 16.3. The quantitative estimate of drug-likeness (QED) is 0.761. The predicted octanol–water partition coefficient (Wildman–Crippen LogP) is 2.41. The van der Waals surface area contributed by atoms with E-state index in [1.54, 1.807) is 20.8 Å². The standard InChI is InChI=1S/C16H21BrFN5O3/c1-16(2,3)26-15(25)22-5-4-11(12(24)8-22)20-14-19-7-9-6-10(18)13(17)23(9)21-14/h6-7,11-12,24H,4-5,8H2,1-3H3,(H,20,21)/t11-,12-/m1/s1. The maximum atomic E-state index is 13.6. The van der Waals surface area contributed by atoms with Gasteiger partial charge in [-0.1, -0.05) is 0 Å². The van der Waals surface area contributed by atoms with Crippen molar-refractivity contribution in [1.82, 2.24) is 19.5 Å². The number of carbonyl (C=O) groups excluding carboxylic acids is 1. The summed E-state index contributed by atoms with van der Waals surface area (Å²) in [7, 11) is 0. The minimum Gasteiger partial charge on any atom is -0.444 e. The highest BCUT2D eigenvalue weighted by atomic mass is 79.9. The van der Waals surface area contributed by atoms with E-state index in [1.165, 1.54) is 21.7 Å².